The van der Waals surface area contributed by atoms with Crippen molar-refractivity contribution in [3.63, 3.8) is 0 Å². The van der Waals surface area contributed by atoms with Gasteiger partial charge in [-0.05, 0) is 32.6 Å². The van der Waals surface area contributed by atoms with Gasteiger partial charge in [0.05, 0.1) is 6.07 Å². The molecule has 106 valence electrons. The maximum Gasteiger partial charge on any atom is 0.343 e. The summed E-state index contributed by atoms with van der Waals surface area (Å²) in [6.45, 7) is 4.46. The number of nitrogens with one attached hydrogen (secondary N) is 1. The molecule has 0 aliphatic rings. The topological polar surface area (TPSA) is 100 Å². The Labute approximate surface area is 117 Å². The van der Waals surface area contributed by atoms with Gasteiger partial charge in [-0.15, -0.1) is 5.10 Å². The number of aromatic nitrogens is 3. The molecule has 0 bridgehead atoms. The molecule has 1 rings (SSSR count). The minimum Gasteiger partial charge on any atom is -0.314 e. The fourth-order valence-electron chi connectivity index (χ4n) is 1.65. The van der Waals surface area contributed by atoms with Crippen LogP contribution in [-0.2, 0) is 6.54 Å². The molecule has 0 saturated heterocycles. The highest BCUT2D eigenvalue weighted by atomic mass is 32.2. The molecule has 7 heteroatoms. The molecule has 1 aromatic heterocycles. The molecule has 0 amide bonds. The minimum atomic E-state index is -0.735. The van der Waals surface area contributed by atoms with Crippen LogP contribution < -0.4 is 11.4 Å². The molecule has 0 aliphatic heterocycles. The Morgan fingerprint density at radius 3 is 2.95 bits per heavy atom. The predicted molar refractivity (Wildman–Crippen MR) is 75.9 cm³/mol. The fraction of sp³-hybridized carbons (Fsp3) is 0.750. The van der Waals surface area contributed by atoms with Crippen LogP contribution in [0.5, 0.6) is 0 Å². The Morgan fingerprint density at radius 1 is 1.58 bits per heavy atom. The van der Waals surface area contributed by atoms with Gasteiger partial charge in [-0.2, -0.15) is 5.26 Å². The summed E-state index contributed by atoms with van der Waals surface area (Å²) in [4.78, 5) is 11.5. The summed E-state index contributed by atoms with van der Waals surface area (Å²) in [5.41, 5.74) is 4.86. The van der Waals surface area contributed by atoms with Crippen LogP contribution in [0.25, 0.3) is 0 Å². The van der Waals surface area contributed by atoms with Crippen molar-refractivity contribution in [2.24, 2.45) is 5.73 Å². The van der Waals surface area contributed by atoms with Crippen LogP contribution in [0.3, 0.4) is 0 Å². The van der Waals surface area contributed by atoms with E-state index in [9.17, 15) is 4.79 Å². The van der Waals surface area contributed by atoms with Crippen molar-refractivity contribution in [3.05, 3.63) is 10.5 Å². The van der Waals surface area contributed by atoms with E-state index in [2.05, 4.69) is 16.3 Å². The zero-order chi connectivity index (χ0) is 14.3. The second kappa shape index (κ2) is 7.36. The molecule has 0 aromatic carbocycles. The number of aromatic amines is 1. The number of unbranched alkanes of at least 4 members (excludes halogenated alkanes) is 1. The summed E-state index contributed by atoms with van der Waals surface area (Å²) in [6.07, 6.45) is 3.44. The molecule has 0 saturated carbocycles. The van der Waals surface area contributed by atoms with Gasteiger partial charge in [-0.3, -0.25) is 4.57 Å². The van der Waals surface area contributed by atoms with E-state index in [4.69, 9.17) is 11.0 Å². The Morgan fingerprint density at radius 2 is 2.32 bits per heavy atom. The maximum atomic E-state index is 11.5. The van der Waals surface area contributed by atoms with Gasteiger partial charge >= 0.3 is 5.69 Å². The molecule has 3 N–H and O–H groups in total. The zero-order valence-electron chi connectivity index (χ0n) is 11.5. The lowest BCUT2D eigenvalue weighted by Crippen LogP contribution is -2.33. The van der Waals surface area contributed by atoms with Gasteiger partial charge in [0.25, 0.3) is 0 Å². The van der Waals surface area contributed by atoms with Crippen molar-refractivity contribution in [2.75, 3.05) is 5.75 Å². The average molecular weight is 283 g/mol. The summed E-state index contributed by atoms with van der Waals surface area (Å²) in [7, 11) is 0. The molecule has 6 nitrogen and oxygen atoms in total. The SMILES string of the molecule is CCCn1c(SCCCCC(C)(N)C#N)n[nH]c1=O. The van der Waals surface area contributed by atoms with E-state index in [-0.39, 0.29) is 5.69 Å². The average Bonchev–Trinajstić information content (AvgIpc) is 2.71. The van der Waals surface area contributed by atoms with Gasteiger partial charge < -0.3 is 5.73 Å². The van der Waals surface area contributed by atoms with E-state index in [0.717, 1.165) is 30.2 Å². The van der Waals surface area contributed by atoms with E-state index in [1.54, 1.807) is 23.3 Å². The number of nitriles is 1. The van der Waals surface area contributed by atoms with E-state index in [0.29, 0.717) is 13.0 Å². The molecule has 1 heterocycles. The molecule has 0 fully saturated rings. The molecule has 19 heavy (non-hydrogen) atoms. The van der Waals surface area contributed by atoms with Crippen LogP contribution in [0.2, 0.25) is 0 Å². The summed E-state index contributed by atoms with van der Waals surface area (Å²) in [6, 6.07) is 2.09. The second-order valence-electron chi connectivity index (χ2n) is 4.80. The number of rotatable bonds is 8. The number of thioether (sulfide) groups is 1. The van der Waals surface area contributed by atoms with Gasteiger partial charge in [0.2, 0.25) is 0 Å². The van der Waals surface area contributed by atoms with Crippen LogP contribution in [0.1, 0.15) is 39.5 Å². The van der Waals surface area contributed by atoms with Crippen LogP contribution in [0.4, 0.5) is 0 Å². The first-order valence-electron chi connectivity index (χ1n) is 6.48. The molecular formula is C12H21N5OS. The van der Waals surface area contributed by atoms with Crippen LogP contribution in [0.15, 0.2) is 9.95 Å². The van der Waals surface area contributed by atoms with Gasteiger partial charge in [-0.1, -0.05) is 18.7 Å². The molecule has 1 unspecified atom stereocenters. The third-order valence-corrected chi connectivity index (χ3v) is 3.81. The standard InChI is InChI=1S/C12H21N5OS/c1-3-7-17-10(18)15-16-11(17)19-8-5-4-6-12(2,14)9-13/h3-8,14H2,1-2H3,(H,15,18). The Hall–Kier alpha value is -1.26. The monoisotopic (exact) mass is 283 g/mol. The van der Waals surface area contributed by atoms with Gasteiger partial charge in [-0.25, -0.2) is 9.89 Å². The number of hydrogen-bond acceptors (Lipinski definition) is 5. The van der Waals surface area contributed by atoms with Crippen molar-refractivity contribution in [1.82, 2.24) is 14.8 Å². The Kier molecular flexibility index (Phi) is 6.12. The van der Waals surface area contributed by atoms with Crippen LogP contribution in [-0.4, -0.2) is 26.1 Å². The fourth-order valence-corrected chi connectivity index (χ4v) is 2.62. The largest absolute Gasteiger partial charge is 0.343 e. The molecule has 0 aliphatic carbocycles. The number of nitrogens with two attached hydrogens (primary N) is 1. The first kappa shape index (κ1) is 15.8. The van der Waals surface area contributed by atoms with Gasteiger partial charge in [0.15, 0.2) is 5.16 Å². The van der Waals surface area contributed by atoms with Crippen molar-refractivity contribution in [1.29, 1.82) is 5.26 Å². The lowest BCUT2D eigenvalue weighted by molar-refractivity contribution is 0.518. The highest BCUT2D eigenvalue weighted by Gasteiger charge is 2.16. The molecule has 0 radical (unpaired) electrons. The highest BCUT2D eigenvalue weighted by molar-refractivity contribution is 7.99. The number of H-pyrrole nitrogens is 1. The van der Waals surface area contributed by atoms with Gasteiger partial charge in [0, 0.05) is 12.3 Å². The normalized spacial score (nSPS) is 14.0. The summed E-state index contributed by atoms with van der Waals surface area (Å²) in [5.74, 6) is 0.871. The van der Waals surface area contributed by atoms with Crippen LogP contribution in [0, 0.1) is 11.3 Å². The smallest absolute Gasteiger partial charge is 0.314 e. The van der Waals surface area contributed by atoms with Crippen LogP contribution >= 0.6 is 11.8 Å². The van der Waals surface area contributed by atoms with Crippen molar-refractivity contribution < 1.29 is 0 Å². The van der Waals surface area contributed by atoms with Gasteiger partial charge in [0.1, 0.15) is 5.54 Å². The minimum absolute atomic E-state index is 0.150. The summed E-state index contributed by atoms with van der Waals surface area (Å²) >= 11 is 1.56. The third kappa shape index (κ3) is 5.09. The van der Waals surface area contributed by atoms with E-state index in [1.807, 2.05) is 6.92 Å². The highest BCUT2D eigenvalue weighted by Crippen LogP contribution is 2.17. The first-order chi connectivity index (χ1) is 9.00. The summed E-state index contributed by atoms with van der Waals surface area (Å²) in [5, 5.41) is 16.0. The molecule has 0 spiro atoms. The maximum absolute atomic E-state index is 11.5. The van der Waals surface area contributed by atoms with Crippen molar-refractivity contribution in [2.45, 2.75) is 56.8 Å². The first-order valence-corrected chi connectivity index (χ1v) is 7.47. The predicted octanol–water partition coefficient (Wildman–Crippen LogP) is 1.48. The van der Waals surface area contributed by atoms with E-state index >= 15 is 0 Å². The third-order valence-electron chi connectivity index (χ3n) is 2.75. The molecular weight excluding hydrogens is 262 g/mol. The lowest BCUT2D eigenvalue weighted by Gasteiger charge is -2.14. The number of hydrogen-bond donors (Lipinski definition) is 2. The summed E-state index contributed by atoms with van der Waals surface area (Å²) < 4.78 is 1.66. The second-order valence-corrected chi connectivity index (χ2v) is 5.86. The lowest BCUT2D eigenvalue weighted by atomic mass is 9.99. The zero-order valence-corrected chi connectivity index (χ0v) is 12.3. The Balaban J connectivity index is 2.34. The van der Waals surface area contributed by atoms with E-state index in [1.165, 1.54) is 0 Å². The number of nitrogens with zero attached hydrogens (tertiary/aromatic N) is 3. The quantitative estimate of drug-likeness (QED) is 0.556. The van der Waals surface area contributed by atoms with Crippen molar-refractivity contribution in [3.8, 4) is 6.07 Å². The van der Waals surface area contributed by atoms with E-state index < -0.39 is 5.54 Å². The Bertz CT molecular complexity index is 485. The molecule has 1 atom stereocenters. The van der Waals surface area contributed by atoms with Crippen molar-refractivity contribution >= 4 is 11.8 Å². The molecule has 1 aromatic rings.